The molecule has 1 rings (SSSR count). The topological polar surface area (TPSA) is 72.2 Å². The molecule has 0 amide bonds. The standard InChI is InChI=1S/C13H20N2O3S/c1-4-19-7-5-6-15-10(3)11(8-12(16)17)9(2)14-13(15)18/h4-8H2,1-3H3,(H,16,17). The zero-order chi connectivity index (χ0) is 14.4. The van der Waals surface area contributed by atoms with Crippen LogP contribution < -0.4 is 5.69 Å². The molecule has 0 atom stereocenters. The Kier molecular flexibility index (Phi) is 6.08. The van der Waals surface area contributed by atoms with Gasteiger partial charge in [0.05, 0.1) is 6.42 Å². The second-order valence-electron chi connectivity index (χ2n) is 4.32. The molecular formula is C13H20N2O3S. The zero-order valence-corrected chi connectivity index (χ0v) is 12.4. The number of aryl methyl sites for hydroxylation is 1. The Hall–Kier alpha value is -1.30. The first-order chi connectivity index (χ1) is 8.97. The quantitative estimate of drug-likeness (QED) is 0.770. The highest BCUT2D eigenvalue weighted by atomic mass is 32.2. The monoisotopic (exact) mass is 284 g/mol. The Morgan fingerprint density at radius 2 is 2.11 bits per heavy atom. The second kappa shape index (κ2) is 7.33. The van der Waals surface area contributed by atoms with Crippen molar-refractivity contribution in [1.29, 1.82) is 0 Å². The smallest absolute Gasteiger partial charge is 0.347 e. The Morgan fingerprint density at radius 1 is 1.42 bits per heavy atom. The van der Waals surface area contributed by atoms with Crippen LogP contribution in [0.5, 0.6) is 0 Å². The SMILES string of the molecule is CCSCCCn1c(C)c(CC(=O)O)c(C)nc1=O. The van der Waals surface area contributed by atoms with Gasteiger partial charge in [-0.2, -0.15) is 16.7 Å². The van der Waals surface area contributed by atoms with E-state index in [1.165, 1.54) is 0 Å². The van der Waals surface area contributed by atoms with E-state index in [1.807, 2.05) is 11.8 Å². The average molecular weight is 284 g/mol. The first-order valence-corrected chi connectivity index (χ1v) is 7.49. The van der Waals surface area contributed by atoms with Crippen LogP contribution in [0.1, 0.15) is 30.3 Å². The van der Waals surface area contributed by atoms with Gasteiger partial charge in [-0.25, -0.2) is 4.79 Å². The lowest BCUT2D eigenvalue weighted by molar-refractivity contribution is -0.136. The zero-order valence-electron chi connectivity index (χ0n) is 11.6. The summed E-state index contributed by atoms with van der Waals surface area (Å²) in [5.74, 6) is 1.15. The molecular weight excluding hydrogens is 264 g/mol. The molecule has 0 aliphatic rings. The third kappa shape index (κ3) is 4.38. The van der Waals surface area contributed by atoms with E-state index >= 15 is 0 Å². The maximum absolute atomic E-state index is 11.9. The van der Waals surface area contributed by atoms with Gasteiger partial charge in [-0.05, 0) is 31.8 Å². The summed E-state index contributed by atoms with van der Waals surface area (Å²) >= 11 is 1.83. The third-order valence-electron chi connectivity index (χ3n) is 2.98. The fraction of sp³-hybridized carbons (Fsp3) is 0.615. The van der Waals surface area contributed by atoms with Crippen LogP contribution in [0, 0.1) is 13.8 Å². The van der Waals surface area contributed by atoms with Crippen LogP contribution in [0.25, 0.3) is 0 Å². The van der Waals surface area contributed by atoms with Gasteiger partial charge in [0.15, 0.2) is 0 Å². The van der Waals surface area contributed by atoms with Crippen molar-refractivity contribution in [2.45, 2.75) is 40.2 Å². The Balaban J connectivity index is 2.97. The third-order valence-corrected chi connectivity index (χ3v) is 3.96. The summed E-state index contributed by atoms with van der Waals surface area (Å²) in [6, 6.07) is 0. The summed E-state index contributed by atoms with van der Waals surface area (Å²) in [7, 11) is 0. The maximum Gasteiger partial charge on any atom is 0.347 e. The van der Waals surface area contributed by atoms with Gasteiger partial charge in [0.1, 0.15) is 0 Å². The van der Waals surface area contributed by atoms with E-state index < -0.39 is 5.97 Å². The van der Waals surface area contributed by atoms with Crippen LogP contribution in [0.3, 0.4) is 0 Å². The van der Waals surface area contributed by atoms with Gasteiger partial charge in [-0.3, -0.25) is 9.36 Å². The minimum Gasteiger partial charge on any atom is -0.481 e. The first-order valence-electron chi connectivity index (χ1n) is 6.33. The highest BCUT2D eigenvalue weighted by Gasteiger charge is 2.13. The van der Waals surface area contributed by atoms with Crippen LogP contribution in [0.2, 0.25) is 0 Å². The fourth-order valence-corrected chi connectivity index (χ4v) is 2.60. The van der Waals surface area contributed by atoms with Crippen molar-refractivity contribution in [1.82, 2.24) is 9.55 Å². The van der Waals surface area contributed by atoms with Crippen molar-refractivity contribution in [2.24, 2.45) is 0 Å². The molecule has 19 heavy (non-hydrogen) atoms. The van der Waals surface area contributed by atoms with E-state index in [0.717, 1.165) is 23.6 Å². The molecule has 5 nitrogen and oxygen atoms in total. The van der Waals surface area contributed by atoms with Gasteiger partial charge >= 0.3 is 11.7 Å². The molecule has 6 heteroatoms. The van der Waals surface area contributed by atoms with E-state index in [0.29, 0.717) is 17.8 Å². The number of aliphatic carboxylic acids is 1. The number of nitrogens with zero attached hydrogens (tertiary/aromatic N) is 2. The number of aromatic nitrogens is 2. The summed E-state index contributed by atoms with van der Waals surface area (Å²) in [6.45, 7) is 6.17. The largest absolute Gasteiger partial charge is 0.481 e. The van der Waals surface area contributed by atoms with E-state index in [-0.39, 0.29) is 12.1 Å². The number of carboxylic acids is 1. The molecule has 0 aliphatic carbocycles. The van der Waals surface area contributed by atoms with Gasteiger partial charge in [0.25, 0.3) is 0 Å². The number of carboxylic acid groups (broad SMARTS) is 1. The minimum atomic E-state index is -0.903. The molecule has 0 fully saturated rings. The Morgan fingerprint density at radius 3 is 2.68 bits per heavy atom. The number of rotatable bonds is 7. The molecule has 106 valence electrons. The van der Waals surface area contributed by atoms with Gasteiger partial charge in [0, 0.05) is 23.5 Å². The van der Waals surface area contributed by atoms with Crippen LogP contribution in [0.4, 0.5) is 0 Å². The molecule has 0 radical (unpaired) electrons. The maximum atomic E-state index is 11.9. The molecule has 0 spiro atoms. The van der Waals surface area contributed by atoms with Gasteiger partial charge in [-0.1, -0.05) is 6.92 Å². The van der Waals surface area contributed by atoms with E-state index in [2.05, 4.69) is 11.9 Å². The predicted octanol–water partition coefficient (Wildman–Crippen LogP) is 1.63. The molecule has 1 aromatic heterocycles. The summed E-state index contributed by atoms with van der Waals surface area (Å²) < 4.78 is 1.58. The molecule has 0 saturated heterocycles. The molecule has 1 aromatic rings. The number of hydrogen-bond donors (Lipinski definition) is 1. The lowest BCUT2D eigenvalue weighted by Gasteiger charge is -2.14. The summed E-state index contributed by atoms with van der Waals surface area (Å²) in [5.41, 5.74) is 1.60. The highest BCUT2D eigenvalue weighted by molar-refractivity contribution is 7.99. The van der Waals surface area contributed by atoms with E-state index in [1.54, 1.807) is 18.4 Å². The molecule has 0 bridgehead atoms. The molecule has 0 aliphatic heterocycles. The van der Waals surface area contributed by atoms with Crippen LogP contribution in [-0.4, -0.2) is 32.1 Å². The predicted molar refractivity (Wildman–Crippen MR) is 76.9 cm³/mol. The van der Waals surface area contributed by atoms with E-state index in [9.17, 15) is 9.59 Å². The summed E-state index contributed by atoms with van der Waals surface area (Å²) in [6.07, 6.45) is 0.797. The lowest BCUT2D eigenvalue weighted by atomic mass is 10.1. The van der Waals surface area contributed by atoms with Crippen LogP contribution >= 0.6 is 11.8 Å². The number of thioether (sulfide) groups is 1. The van der Waals surface area contributed by atoms with Crippen molar-refractivity contribution in [2.75, 3.05) is 11.5 Å². The second-order valence-corrected chi connectivity index (χ2v) is 5.71. The molecule has 0 saturated carbocycles. The summed E-state index contributed by atoms with van der Waals surface area (Å²) in [4.78, 5) is 26.6. The van der Waals surface area contributed by atoms with Crippen molar-refractivity contribution < 1.29 is 9.90 Å². The van der Waals surface area contributed by atoms with Gasteiger partial charge in [0.2, 0.25) is 0 Å². The minimum absolute atomic E-state index is 0.0886. The van der Waals surface area contributed by atoms with E-state index in [4.69, 9.17) is 5.11 Å². The fourth-order valence-electron chi connectivity index (χ4n) is 1.98. The van der Waals surface area contributed by atoms with Crippen molar-refractivity contribution >= 4 is 17.7 Å². The first kappa shape index (κ1) is 15.8. The lowest BCUT2D eigenvalue weighted by Crippen LogP contribution is -2.28. The van der Waals surface area contributed by atoms with Gasteiger partial charge < -0.3 is 5.11 Å². The van der Waals surface area contributed by atoms with Crippen molar-refractivity contribution in [3.05, 3.63) is 27.4 Å². The Bertz CT molecular complexity index is 511. The van der Waals surface area contributed by atoms with Crippen LogP contribution in [0.15, 0.2) is 4.79 Å². The van der Waals surface area contributed by atoms with Gasteiger partial charge in [-0.15, -0.1) is 0 Å². The molecule has 1 heterocycles. The Labute approximate surface area is 117 Å². The molecule has 1 N–H and O–H groups in total. The number of hydrogen-bond acceptors (Lipinski definition) is 4. The molecule has 0 unspecified atom stereocenters. The average Bonchev–Trinajstić information content (AvgIpc) is 2.33. The molecule has 0 aromatic carbocycles. The van der Waals surface area contributed by atoms with Crippen molar-refractivity contribution in [3.8, 4) is 0 Å². The highest BCUT2D eigenvalue weighted by Crippen LogP contribution is 2.11. The van der Waals surface area contributed by atoms with Crippen molar-refractivity contribution in [3.63, 3.8) is 0 Å². The summed E-state index contributed by atoms with van der Waals surface area (Å²) in [5, 5.41) is 8.90. The number of carbonyl (C=O) groups is 1. The normalized spacial score (nSPS) is 10.7. The van der Waals surface area contributed by atoms with Crippen LogP contribution in [-0.2, 0) is 17.8 Å².